The predicted octanol–water partition coefficient (Wildman–Crippen LogP) is -0.856. The third-order valence-electron chi connectivity index (χ3n) is 3.32. The third kappa shape index (κ3) is 2.58. The van der Waals surface area contributed by atoms with Crippen LogP contribution in [0.15, 0.2) is 41.6 Å². The zero-order valence-corrected chi connectivity index (χ0v) is 11.7. The van der Waals surface area contributed by atoms with E-state index in [4.69, 9.17) is 5.73 Å². The summed E-state index contributed by atoms with van der Waals surface area (Å²) in [5, 5.41) is 2.10. The number of nitrogens with two attached hydrogens (primary N) is 1. The van der Waals surface area contributed by atoms with Gasteiger partial charge in [-0.3, -0.25) is 29.4 Å². The summed E-state index contributed by atoms with van der Waals surface area (Å²) >= 11 is 0. The molecule has 8 heteroatoms. The number of amides is 4. The molecule has 0 aromatic carbocycles. The summed E-state index contributed by atoms with van der Waals surface area (Å²) in [6.07, 6.45) is 2.53. The van der Waals surface area contributed by atoms with Gasteiger partial charge in [-0.2, -0.15) is 0 Å². The number of aliphatic imine (C=N–C) groups is 1. The van der Waals surface area contributed by atoms with Crippen LogP contribution in [0, 0.1) is 0 Å². The highest BCUT2D eigenvalue weighted by atomic mass is 16.2. The topological polar surface area (TPSA) is 122 Å². The van der Waals surface area contributed by atoms with Crippen molar-refractivity contribution in [3.05, 3.63) is 36.6 Å². The number of likely N-dealkylation sites (tertiary alicyclic amines) is 1. The molecule has 2 rings (SSSR count). The number of carbonyl (C=O) groups is 4. The molecule has 2 aliphatic rings. The van der Waals surface area contributed by atoms with Crippen LogP contribution < -0.4 is 11.1 Å². The van der Waals surface area contributed by atoms with Crippen LogP contribution in [0.4, 0.5) is 0 Å². The number of piperidine rings is 1. The Morgan fingerprint density at radius 2 is 2.00 bits per heavy atom. The lowest BCUT2D eigenvalue weighted by Gasteiger charge is -2.27. The molecule has 0 radical (unpaired) electrons. The van der Waals surface area contributed by atoms with Crippen LogP contribution in [0.3, 0.4) is 0 Å². The number of amidine groups is 1. The summed E-state index contributed by atoms with van der Waals surface area (Å²) < 4.78 is 0. The Morgan fingerprint density at radius 3 is 2.59 bits per heavy atom. The van der Waals surface area contributed by atoms with Crippen LogP contribution in [0.25, 0.3) is 0 Å². The second-order valence-corrected chi connectivity index (χ2v) is 4.73. The number of carbonyl (C=O) groups excluding carboxylic acids is 4. The molecule has 1 unspecified atom stereocenters. The molecule has 2 saturated heterocycles. The number of imide groups is 2. The molecule has 1 atom stereocenters. The Hall–Kier alpha value is -3.03. The molecule has 3 N–H and O–H groups in total. The van der Waals surface area contributed by atoms with Gasteiger partial charge >= 0.3 is 0 Å². The van der Waals surface area contributed by atoms with Gasteiger partial charge in [0.15, 0.2) is 0 Å². The van der Waals surface area contributed by atoms with Gasteiger partial charge in [0.25, 0.3) is 11.8 Å². The molecule has 2 fully saturated rings. The van der Waals surface area contributed by atoms with Gasteiger partial charge in [0, 0.05) is 18.2 Å². The van der Waals surface area contributed by atoms with E-state index in [2.05, 4.69) is 23.5 Å². The fraction of sp³-hybridized carbons (Fsp3) is 0.214. The van der Waals surface area contributed by atoms with Gasteiger partial charge in [0.1, 0.15) is 11.9 Å². The smallest absolute Gasteiger partial charge is 0.263 e. The first kappa shape index (κ1) is 15.4. The lowest BCUT2D eigenvalue weighted by atomic mass is 10.0. The largest absolute Gasteiger partial charge is 0.384 e. The molecule has 8 nitrogen and oxygen atoms in total. The summed E-state index contributed by atoms with van der Waals surface area (Å²) in [7, 11) is 0. The van der Waals surface area contributed by atoms with Gasteiger partial charge in [-0.15, -0.1) is 0 Å². The molecule has 0 aromatic heterocycles. The van der Waals surface area contributed by atoms with Crippen LogP contribution >= 0.6 is 0 Å². The summed E-state index contributed by atoms with van der Waals surface area (Å²) in [5.74, 6) is -2.41. The molecule has 2 aliphatic heterocycles. The van der Waals surface area contributed by atoms with E-state index < -0.39 is 29.7 Å². The maximum Gasteiger partial charge on any atom is 0.263 e. The van der Waals surface area contributed by atoms with Gasteiger partial charge in [-0.25, -0.2) is 4.99 Å². The van der Waals surface area contributed by atoms with Gasteiger partial charge in [-0.05, 0) is 12.5 Å². The average Bonchev–Trinajstić information content (AvgIpc) is 2.68. The first-order valence-corrected chi connectivity index (χ1v) is 6.43. The van der Waals surface area contributed by atoms with Crippen molar-refractivity contribution in [3.8, 4) is 0 Å². The number of rotatable bonds is 3. The monoisotopic (exact) mass is 302 g/mol. The van der Waals surface area contributed by atoms with Crippen molar-refractivity contribution in [2.45, 2.75) is 18.9 Å². The summed E-state index contributed by atoms with van der Waals surface area (Å²) in [5.41, 5.74) is 5.32. The fourth-order valence-corrected chi connectivity index (χ4v) is 2.15. The van der Waals surface area contributed by atoms with E-state index >= 15 is 0 Å². The Balaban J connectivity index is 2.32. The highest BCUT2D eigenvalue weighted by molar-refractivity contribution is 6.26. The van der Waals surface area contributed by atoms with Gasteiger partial charge in [-0.1, -0.05) is 13.2 Å². The van der Waals surface area contributed by atoms with E-state index in [-0.39, 0.29) is 29.8 Å². The SMILES string of the molecule is C=CC(N)=N/C=C1\C(=C)C(=O)N(C2CCC(=O)NC2=O)C1=O. The molecule has 0 bridgehead atoms. The number of nitrogens with one attached hydrogen (secondary N) is 1. The van der Waals surface area contributed by atoms with E-state index in [1.54, 1.807) is 0 Å². The van der Waals surface area contributed by atoms with E-state index in [0.717, 1.165) is 11.1 Å². The highest BCUT2D eigenvalue weighted by Gasteiger charge is 2.45. The standard InChI is InChI=1S/C14H14N4O4/c1-3-10(15)16-6-8-7(2)13(21)18(14(8)22)9-4-5-11(19)17-12(9)20/h3,6,9H,1-2,4-5H2,(H2,15,16)(H,17,19,20)/b8-6+. The molecule has 0 aromatic rings. The predicted molar refractivity (Wildman–Crippen MR) is 77.1 cm³/mol. The van der Waals surface area contributed by atoms with Crippen molar-refractivity contribution in [3.63, 3.8) is 0 Å². The molecule has 0 aliphatic carbocycles. The number of nitrogens with zero attached hydrogens (tertiary/aromatic N) is 2. The van der Waals surface area contributed by atoms with Crippen molar-refractivity contribution in [2.24, 2.45) is 10.7 Å². The summed E-state index contributed by atoms with van der Waals surface area (Å²) in [4.78, 5) is 52.0. The van der Waals surface area contributed by atoms with Crippen molar-refractivity contribution in [2.75, 3.05) is 0 Å². The van der Waals surface area contributed by atoms with Crippen molar-refractivity contribution in [1.82, 2.24) is 10.2 Å². The summed E-state index contributed by atoms with van der Waals surface area (Å²) in [6.45, 7) is 6.95. The molecule has 22 heavy (non-hydrogen) atoms. The van der Waals surface area contributed by atoms with Crippen molar-refractivity contribution in [1.29, 1.82) is 0 Å². The zero-order chi connectivity index (χ0) is 16.4. The molecule has 4 amide bonds. The Labute approximate surface area is 126 Å². The molecule has 114 valence electrons. The van der Waals surface area contributed by atoms with E-state index in [9.17, 15) is 19.2 Å². The van der Waals surface area contributed by atoms with E-state index in [0.29, 0.717) is 0 Å². The quantitative estimate of drug-likeness (QED) is 0.304. The zero-order valence-electron chi connectivity index (χ0n) is 11.7. The molecule has 0 spiro atoms. The Morgan fingerprint density at radius 1 is 1.32 bits per heavy atom. The minimum absolute atomic E-state index is 0.0421. The number of hydrogen-bond acceptors (Lipinski definition) is 5. The second-order valence-electron chi connectivity index (χ2n) is 4.73. The van der Waals surface area contributed by atoms with Crippen LogP contribution in [-0.2, 0) is 19.2 Å². The number of hydrogen-bond donors (Lipinski definition) is 2. The normalized spacial score (nSPS) is 25.0. The summed E-state index contributed by atoms with van der Waals surface area (Å²) in [6, 6.07) is -1.03. The maximum absolute atomic E-state index is 12.3. The van der Waals surface area contributed by atoms with Crippen LogP contribution in [0.1, 0.15) is 12.8 Å². The average molecular weight is 302 g/mol. The van der Waals surface area contributed by atoms with Crippen molar-refractivity contribution < 1.29 is 19.2 Å². The fourth-order valence-electron chi connectivity index (χ4n) is 2.15. The highest BCUT2D eigenvalue weighted by Crippen LogP contribution is 2.28. The van der Waals surface area contributed by atoms with Gasteiger partial charge < -0.3 is 5.73 Å². The third-order valence-corrected chi connectivity index (χ3v) is 3.32. The van der Waals surface area contributed by atoms with Gasteiger partial charge in [0.2, 0.25) is 11.8 Å². The Kier molecular flexibility index (Phi) is 4.02. The van der Waals surface area contributed by atoms with Crippen LogP contribution in [-0.4, -0.2) is 40.4 Å². The molecular formula is C14H14N4O4. The molecule has 2 heterocycles. The second kappa shape index (κ2) is 5.76. The minimum atomic E-state index is -1.03. The van der Waals surface area contributed by atoms with E-state index in [1.807, 2.05) is 0 Å². The maximum atomic E-state index is 12.3. The lowest BCUT2D eigenvalue weighted by Crippen LogP contribution is -2.54. The van der Waals surface area contributed by atoms with Gasteiger partial charge in [0.05, 0.1) is 5.57 Å². The molecule has 0 saturated carbocycles. The lowest BCUT2D eigenvalue weighted by molar-refractivity contribution is -0.149. The first-order valence-electron chi connectivity index (χ1n) is 6.43. The van der Waals surface area contributed by atoms with Crippen molar-refractivity contribution >= 4 is 29.5 Å². The van der Waals surface area contributed by atoms with Crippen LogP contribution in [0.2, 0.25) is 0 Å². The first-order chi connectivity index (χ1) is 10.4. The molecular weight excluding hydrogens is 288 g/mol. The van der Waals surface area contributed by atoms with E-state index in [1.165, 1.54) is 6.08 Å². The minimum Gasteiger partial charge on any atom is -0.384 e. The Bertz CT molecular complexity index is 674. The van der Waals surface area contributed by atoms with Crippen LogP contribution in [0.5, 0.6) is 0 Å².